The lowest BCUT2D eigenvalue weighted by Crippen LogP contribution is -2.04. The maximum absolute atomic E-state index is 5.42. The van der Waals surface area contributed by atoms with Gasteiger partial charge in [0.05, 0.1) is 7.11 Å². The third-order valence-electron chi connectivity index (χ3n) is 4.23. The molecule has 1 aromatic carbocycles. The van der Waals surface area contributed by atoms with Crippen LogP contribution in [0.2, 0.25) is 0 Å². The van der Waals surface area contributed by atoms with Crippen molar-refractivity contribution in [3.8, 4) is 5.75 Å². The quantitative estimate of drug-likeness (QED) is 0.540. The molecule has 1 rings (SSSR count). The minimum absolute atomic E-state index is 0.723. The average Bonchev–Trinajstić information content (AvgIpc) is 2.41. The van der Waals surface area contributed by atoms with Crippen LogP contribution in [0.5, 0.6) is 5.75 Å². The molecular formula is C18H30O. The van der Waals surface area contributed by atoms with E-state index in [0.29, 0.717) is 0 Å². The van der Waals surface area contributed by atoms with E-state index in [1.165, 1.54) is 55.2 Å². The van der Waals surface area contributed by atoms with E-state index in [2.05, 4.69) is 39.8 Å². The summed E-state index contributed by atoms with van der Waals surface area (Å²) in [6, 6.07) is 4.42. The fourth-order valence-electron chi connectivity index (χ4n) is 2.92. The second-order valence-corrected chi connectivity index (χ2v) is 5.59. The molecule has 0 bridgehead atoms. The molecule has 0 aliphatic rings. The number of rotatable bonds is 8. The molecule has 0 aromatic heterocycles. The topological polar surface area (TPSA) is 9.23 Å². The van der Waals surface area contributed by atoms with E-state index in [1.807, 2.05) is 0 Å². The Kier molecular flexibility index (Phi) is 6.97. The Morgan fingerprint density at radius 3 is 2.26 bits per heavy atom. The van der Waals surface area contributed by atoms with E-state index in [0.717, 1.165) is 11.7 Å². The van der Waals surface area contributed by atoms with E-state index >= 15 is 0 Å². The summed E-state index contributed by atoms with van der Waals surface area (Å²) >= 11 is 0. The molecule has 0 amide bonds. The van der Waals surface area contributed by atoms with Crippen LogP contribution in [-0.4, -0.2) is 7.11 Å². The summed E-state index contributed by atoms with van der Waals surface area (Å²) in [5.41, 5.74) is 4.27. The molecule has 0 aliphatic heterocycles. The highest BCUT2D eigenvalue weighted by Gasteiger charge is 2.15. The van der Waals surface area contributed by atoms with Crippen molar-refractivity contribution in [2.75, 3.05) is 7.11 Å². The van der Waals surface area contributed by atoms with Crippen LogP contribution >= 0.6 is 0 Å². The third kappa shape index (κ3) is 4.26. The summed E-state index contributed by atoms with van der Waals surface area (Å²) < 4.78 is 5.42. The van der Waals surface area contributed by atoms with Gasteiger partial charge in [-0.25, -0.2) is 0 Å². The van der Waals surface area contributed by atoms with Gasteiger partial charge in [0.25, 0.3) is 0 Å². The highest BCUT2D eigenvalue weighted by Crippen LogP contribution is 2.34. The number of ether oxygens (including phenoxy) is 1. The number of unbranched alkanes of at least 4 members (excludes halogenated alkanes) is 2. The zero-order chi connectivity index (χ0) is 14.3. The number of benzene rings is 1. The zero-order valence-corrected chi connectivity index (χ0v) is 13.4. The molecule has 0 fully saturated rings. The molecular weight excluding hydrogens is 232 g/mol. The summed E-state index contributed by atoms with van der Waals surface area (Å²) in [6.45, 7) is 8.98. The fraction of sp³-hybridized carbons (Fsp3) is 0.667. The smallest absolute Gasteiger partial charge is 0.122 e. The van der Waals surface area contributed by atoms with Gasteiger partial charge in [0, 0.05) is 0 Å². The number of hydrogen-bond donors (Lipinski definition) is 0. The van der Waals surface area contributed by atoms with Gasteiger partial charge in [-0.15, -0.1) is 0 Å². The van der Waals surface area contributed by atoms with Crippen molar-refractivity contribution in [1.29, 1.82) is 0 Å². The minimum atomic E-state index is 0.723. The van der Waals surface area contributed by atoms with Crippen LogP contribution in [0.1, 0.15) is 75.0 Å². The lowest BCUT2D eigenvalue weighted by molar-refractivity contribution is 0.410. The second kappa shape index (κ2) is 8.24. The fourth-order valence-corrected chi connectivity index (χ4v) is 2.92. The van der Waals surface area contributed by atoms with Crippen molar-refractivity contribution in [2.45, 2.75) is 72.1 Å². The average molecular weight is 262 g/mol. The van der Waals surface area contributed by atoms with Crippen LogP contribution in [0.3, 0.4) is 0 Å². The first-order chi connectivity index (χ1) is 9.15. The van der Waals surface area contributed by atoms with Gasteiger partial charge in [0.15, 0.2) is 0 Å². The first-order valence-electron chi connectivity index (χ1n) is 7.79. The summed E-state index contributed by atoms with van der Waals surface area (Å²) in [5.74, 6) is 1.74. The Morgan fingerprint density at radius 1 is 0.947 bits per heavy atom. The van der Waals surface area contributed by atoms with Gasteiger partial charge in [0.2, 0.25) is 0 Å². The maximum Gasteiger partial charge on any atom is 0.122 e. The molecule has 0 radical (unpaired) electrons. The summed E-state index contributed by atoms with van der Waals surface area (Å²) in [5, 5.41) is 0. The van der Waals surface area contributed by atoms with E-state index in [-0.39, 0.29) is 0 Å². The summed E-state index contributed by atoms with van der Waals surface area (Å²) in [6.07, 6.45) is 7.91. The van der Waals surface area contributed by atoms with Gasteiger partial charge in [-0.05, 0) is 55.4 Å². The van der Waals surface area contributed by atoms with Gasteiger partial charge in [-0.3, -0.25) is 0 Å². The highest BCUT2D eigenvalue weighted by molar-refractivity contribution is 5.44. The molecule has 0 N–H and O–H groups in total. The van der Waals surface area contributed by atoms with E-state index in [1.54, 1.807) is 7.11 Å². The highest BCUT2D eigenvalue weighted by atomic mass is 16.5. The lowest BCUT2D eigenvalue weighted by Gasteiger charge is -2.21. The van der Waals surface area contributed by atoms with E-state index in [4.69, 9.17) is 4.74 Å². The number of hydrogen-bond acceptors (Lipinski definition) is 1. The Hall–Kier alpha value is -0.980. The SMILES string of the molecule is CCCCCC(CCC)c1ccc(OC)c(C)c1C. The predicted molar refractivity (Wildman–Crippen MR) is 84.3 cm³/mol. The predicted octanol–water partition coefficient (Wildman–Crippen LogP) is 5.78. The largest absolute Gasteiger partial charge is 0.496 e. The molecule has 0 spiro atoms. The van der Waals surface area contributed by atoms with Crippen molar-refractivity contribution in [2.24, 2.45) is 0 Å². The van der Waals surface area contributed by atoms with Gasteiger partial charge in [-0.2, -0.15) is 0 Å². The van der Waals surface area contributed by atoms with Crippen LogP contribution in [0.15, 0.2) is 12.1 Å². The molecule has 0 aliphatic carbocycles. The Morgan fingerprint density at radius 2 is 1.68 bits per heavy atom. The van der Waals surface area contributed by atoms with E-state index < -0.39 is 0 Å². The second-order valence-electron chi connectivity index (χ2n) is 5.59. The molecule has 1 aromatic rings. The summed E-state index contributed by atoms with van der Waals surface area (Å²) in [4.78, 5) is 0. The minimum Gasteiger partial charge on any atom is -0.496 e. The Bertz CT molecular complexity index is 382. The molecule has 108 valence electrons. The Balaban J connectivity index is 2.92. The standard InChI is InChI=1S/C18H30O/c1-6-8-9-11-16(10-7-2)17-12-13-18(19-5)15(4)14(17)3/h12-13,16H,6-11H2,1-5H3. The monoisotopic (exact) mass is 262 g/mol. The van der Waals surface area contributed by atoms with Crippen molar-refractivity contribution < 1.29 is 4.74 Å². The van der Waals surface area contributed by atoms with E-state index in [9.17, 15) is 0 Å². The van der Waals surface area contributed by atoms with Crippen molar-refractivity contribution in [3.63, 3.8) is 0 Å². The number of methoxy groups -OCH3 is 1. The van der Waals surface area contributed by atoms with Crippen LogP contribution in [0.25, 0.3) is 0 Å². The Labute approximate surface area is 119 Å². The molecule has 1 atom stereocenters. The van der Waals surface area contributed by atoms with Crippen molar-refractivity contribution in [1.82, 2.24) is 0 Å². The zero-order valence-electron chi connectivity index (χ0n) is 13.4. The molecule has 0 saturated heterocycles. The molecule has 0 saturated carbocycles. The van der Waals surface area contributed by atoms with Crippen LogP contribution in [0.4, 0.5) is 0 Å². The van der Waals surface area contributed by atoms with Gasteiger partial charge >= 0.3 is 0 Å². The van der Waals surface area contributed by atoms with Crippen LogP contribution in [-0.2, 0) is 0 Å². The molecule has 1 nitrogen and oxygen atoms in total. The normalized spacial score (nSPS) is 12.5. The molecule has 1 heteroatoms. The lowest BCUT2D eigenvalue weighted by atomic mass is 9.85. The summed E-state index contributed by atoms with van der Waals surface area (Å²) in [7, 11) is 1.76. The van der Waals surface area contributed by atoms with Crippen LogP contribution in [0, 0.1) is 13.8 Å². The molecule has 19 heavy (non-hydrogen) atoms. The van der Waals surface area contributed by atoms with Gasteiger partial charge < -0.3 is 4.74 Å². The van der Waals surface area contributed by atoms with Crippen molar-refractivity contribution in [3.05, 3.63) is 28.8 Å². The van der Waals surface area contributed by atoms with Gasteiger partial charge in [-0.1, -0.05) is 45.6 Å². The third-order valence-corrected chi connectivity index (χ3v) is 4.23. The van der Waals surface area contributed by atoms with Gasteiger partial charge in [0.1, 0.15) is 5.75 Å². The molecule has 1 unspecified atom stereocenters. The van der Waals surface area contributed by atoms with Crippen molar-refractivity contribution >= 4 is 0 Å². The first kappa shape index (κ1) is 16.1. The van der Waals surface area contributed by atoms with Crippen LogP contribution < -0.4 is 4.74 Å². The molecule has 0 heterocycles. The first-order valence-corrected chi connectivity index (χ1v) is 7.79. The maximum atomic E-state index is 5.42.